The minimum Gasteiger partial charge on any atom is -0.640 e. The standard InChI is InChI=1S/C38H26N3O.CN.Pt/c1-3-13-28(14-4-1)32-19-12-20-33(29-15-5-2-6-16-29)38(32)40-26-39(34-21-7-8-22-35(34)40)30-17-11-18-31(25-30)41-27-42-37-24-10-9-23-36(37)41;1-2;/h1-24,26-27H;;/q-3;-1;+4. The molecule has 0 aromatic heterocycles. The number of nitrogens with zero attached hydrogens (tertiary/aromatic N) is 4. The van der Waals surface area contributed by atoms with Crippen molar-refractivity contribution in [2.24, 2.45) is 0 Å². The molecule has 0 bridgehead atoms. The van der Waals surface area contributed by atoms with Crippen LogP contribution in [0, 0.1) is 31.3 Å². The maximum absolute atomic E-state index is 6.25. The fourth-order valence-corrected chi connectivity index (χ4v) is 5.82. The molecule has 0 aliphatic carbocycles. The second-order valence-corrected chi connectivity index (χ2v) is 10.3. The Morgan fingerprint density at radius 1 is 0.511 bits per heavy atom. The summed E-state index contributed by atoms with van der Waals surface area (Å²) < 4.78 is 5.82. The Kier molecular flexibility index (Phi) is 8.69. The number of para-hydroxylation sites is 5. The fraction of sp³-hybridized carbons (Fsp3) is 0. The first-order valence-electron chi connectivity index (χ1n) is 14.2. The van der Waals surface area contributed by atoms with Crippen molar-refractivity contribution < 1.29 is 25.8 Å². The van der Waals surface area contributed by atoms with Crippen LogP contribution in [0.5, 0.6) is 5.75 Å². The largest absolute Gasteiger partial charge is 4.00 e. The molecule has 5 nitrogen and oxygen atoms in total. The van der Waals surface area contributed by atoms with Crippen molar-refractivity contribution in [2.75, 3.05) is 14.7 Å². The van der Waals surface area contributed by atoms with Crippen molar-refractivity contribution in [1.29, 1.82) is 5.26 Å². The Balaban J connectivity index is 0.00000117. The third-order valence-corrected chi connectivity index (χ3v) is 7.77. The number of ether oxygens (including phenoxy) is 1. The molecule has 0 unspecified atom stereocenters. The molecule has 45 heavy (non-hydrogen) atoms. The van der Waals surface area contributed by atoms with Crippen LogP contribution in [-0.2, 0) is 21.1 Å². The van der Waals surface area contributed by atoms with Crippen LogP contribution in [-0.4, -0.2) is 0 Å². The van der Waals surface area contributed by atoms with Crippen LogP contribution in [0.2, 0.25) is 0 Å². The monoisotopic (exact) mass is 761 g/mol. The quantitative estimate of drug-likeness (QED) is 0.164. The van der Waals surface area contributed by atoms with Crippen molar-refractivity contribution in [2.45, 2.75) is 0 Å². The molecule has 8 rings (SSSR count). The van der Waals surface area contributed by atoms with Gasteiger partial charge in [-0.05, 0) is 35.4 Å². The summed E-state index contributed by atoms with van der Waals surface area (Å²) in [5.74, 6) is 0.839. The van der Waals surface area contributed by atoms with E-state index in [1.807, 2.05) is 23.1 Å². The number of anilines is 6. The van der Waals surface area contributed by atoms with Crippen molar-refractivity contribution in [3.05, 3.63) is 172 Å². The summed E-state index contributed by atoms with van der Waals surface area (Å²) in [4.78, 5) is 6.58. The predicted molar refractivity (Wildman–Crippen MR) is 176 cm³/mol. The van der Waals surface area contributed by atoms with Gasteiger partial charge in [0.25, 0.3) is 0 Å². The number of hydrogen-bond donors (Lipinski definition) is 0. The summed E-state index contributed by atoms with van der Waals surface area (Å²) in [7, 11) is 0. The van der Waals surface area contributed by atoms with Gasteiger partial charge in [-0.3, -0.25) is 0 Å². The van der Waals surface area contributed by atoms with Crippen LogP contribution in [0.4, 0.5) is 34.1 Å². The van der Waals surface area contributed by atoms with Crippen LogP contribution in [0.1, 0.15) is 0 Å². The second-order valence-electron chi connectivity index (χ2n) is 10.3. The zero-order chi connectivity index (χ0) is 29.9. The van der Waals surface area contributed by atoms with Gasteiger partial charge in [0.1, 0.15) is 5.75 Å². The molecule has 6 aromatic carbocycles. The van der Waals surface area contributed by atoms with E-state index in [0.717, 1.165) is 39.9 Å². The molecule has 218 valence electrons. The molecule has 2 heterocycles. The third kappa shape index (κ3) is 5.46. The van der Waals surface area contributed by atoms with E-state index in [-0.39, 0.29) is 21.1 Å². The molecule has 0 amide bonds. The minimum absolute atomic E-state index is 0. The van der Waals surface area contributed by atoms with E-state index in [2.05, 4.69) is 150 Å². The van der Waals surface area contributed by atoms with Gasteiger partial charge < -0.3 is 31.3 Å². The number of hydrogen-bond acceptors (Lipinski definition) is 5. The number of rotatable bonds is 5. The normalized spacial score (nSPS) is 12.7. The summed E-state index contributed by atoms with van der Waals surface area (Å²) in [6.07, 6.45) is 0. The minimum atomic E-state index is 0. The van der Waals surface area contributed by atoms with Gasteiger partial charge in [0.2, 0.25) is 0 Å². The molecule has 6 heteroatoms. The maximum Gasteiger partial charge on any atom is 4.00 e. The first-order valence-corrected chi connectivity index (χ1v) is 14.2. The van der Waals surface area contributed by atoms with Gasteiger partial charge in [0.05, 0.1) is 5.69 Å². The molecule has 0 spiro atoms. The SMILES string of the molecule is [C-]#N.[Pt+4].[c-]1c(N2[CH-]Oc3ccccc32)cccc1N1[CH-]N(c2c(-c3ccccc3)cccc2-c2ccccc2)c2ccccc21. The van der Waals surface area contributed by atoms with E-state index in [4.69, 9.17) is 16.6 Å². The Hall–Kier alpha value is -5.30. The molecule has 0 N–H and O–H groups in total. The van der Waals surface area contributed by atoms with E-state index in [1.54, 1.807) is 6.73 Å². The molecular weight excluding hydrogens is 736 g/mol. The van der Waals surface area contributed by atoms with Crippen LogP contribution in [0.3, 0.4) is 0 Å². The van der Waals surface area contributed by atoms with Gasteiger partial charge in [-0.1, -0.05) is 110 Å². The topological polar surface area (TPSA) is 42.7 Å². The van der Waals surface area contributed by atoms with E-state index in [1.165, 1.54) is 22.3 Å². The van der Waals surface area contributed by atoms with Gasteiger partial charge in [-0.15, -0.1) is 36.2 Å². The molecule has 0 fully saturated rings. The Bertz CT molecular complexity index is 1890. The van der Waals surface area contributed by atoms with Gasteiger partial charge in [0.15, 0.2) is 0 Å². The van der Waals surface area contributed by atoms with Gasteiger partial charge >= 0.3 is 21.1 Å². The van der Waals surface area contributed by atoms with Crippen LogP contribution in [0.15, 0.2) is 146 Å². The third-order valence-electron chi connectivity index (χ3n) is 7.77. The van der Waals surface area contributed by atoms with Gasteiger partial charge in [-0.2, -0.15) is 6.07 Å². The van der Waals surface area contributed by atoms with Gasteiger partial charge in [0, 0.05) is 28.2 Å². The molecular formula is C39H26N4OPt. The van der Waals surface area contributed by atoms with Gasteiger partial charge in [-0.25, -0.2) is 0 Å². The zero-order valence-corrected chi connectivity index (χ0v) is 26.3. The zero-order valence-electron chi connectivity index (χ0n) is 24.0. The molecule has 6 aromatic rings. The summed E-state index contributed by atoms with van der Waals surface area (Å²) in [5, 5.41) is 6.25. The first kappa shape index (κ1) is 29.8. The van der Waals surface area contributed by atoms with Crippen molar-refractivity contribution in [3.8, 4) is 28.0 Å². The molecule has 0 radical (unpaired) electrons. The summed E-state index contributed by atoms with van der Waals surface area (Å²) >= 11 is 0. The summed E-state index contributed by atoms with van der Waals surface area (Å²) in [5.41, 5.74) is 10.9. The Morgan fingerprint density at radius 2 is 1.00 bits per heavy atom. The molecule has 0 atom stereocenters. The number of fused-ring (bicyclic) bond motifs is 2. The summed E-state index contributed by atoms with van der Waals surface area (Å²) in [6.45, 7) is 8.68. The van der Waals surface area contributed by atoms with Crippen LogP contribution >= 0.6 is 0 Å². The Labute approximate surface area is 278 Å². The average molecular weight is 762 g/mol. The van der Waals surface area contributed by atoms with Crippen molar-refractivity contribution >= 4 is 34.1 Å². The molecule has 0 saturated carbocycles. The van der Waals surface area contributed by atoms with Crippen molar-refractivity contribution in [1.82, 2.24) is 0 Å². The van der Waals surface area contributed by atoms with Crippen LogP contribution < -0.4 is 19.4 Å². The number of benzene rings is 6. The molecule has 0 saturated heterocycles. The second kappa shape index (κ2) is 13.1. The predicted octanol–water partition coefficient (Wildman–Crippen LogP) is 9.97. The Morgan fingerprint density at radius 3 is 1.62 bits per heavy atom. The fourth-order valence-electron chi connectivity index (χ4n) is 5.82. The first-order chi connectivity index (χ1) is 21.8. The van der Waals surface area contributed by atoms with E-state index >= 15 is 0 Å². The van der Waals surface area contributed by atoms with E-state index in [9.17, 15) is 0 Å². The summed E-state index contributed by atoms with van der Waals surface area (Å²) in [6, 6.07) is 54.3. The molecule has 2 aliphatic rings. The van der Waals surface area contributed by atoms with E-state index in [0.29, 0.717) is 0 Å². The van der Waals surface area contributed by atoms with E-state index < -0.39 is 0 Å². The molecule has 2 aliphatic heterocycles. The van der Waals surface area contributed by atoms with Crippen molar-refractivity contribution in [3.63, 3.8) is 0 Å². The smallest absolute Gasteiger partial charge is 0.640 e. The van der Waals surface area contributed by atoms with Crippen LogP contribution in [0.25, 0.3) is 22.3 Å². The average Bonchev–Trinajstić information content (AvgIpc) is 3.72. The maximum atomic E-state index is 6.25.